The van der Waals surface area contributed by atoms with Gasteiger partial charge in [-0.15, -0.1) is 0 Å². The molecule has 8 heteroatoms. The van der Waals surface area contributed by atoms with Crippen molar-refractivity contribution in [3.63, 3.8) is 0 Å². The number of hydrogen-bond acceptors (Lipinski definition) is 7. The van der Waals surface area contributed by atoms with Crippen molar-refractivity contribution in [2.75, 3.05) is 13.2 Å². The van der Waals surface area contributed by atoms with Crippen molar-refractivity contribution in [3.8, 4) is 16.9 Å². The zero-order valence-corrected chi connectivity index (χ0v) is 18.9. The lowest BCUT2D eigenvalue weighted by atomic mass is 10.0. The summed E-state index contributed by atoms with van der Waals surface area (Å²) in [4.78, 5) is 32.4. The van der Waals surface area contributed by atoms with Gasteiger partial charge in [0, 0.05) is 12.4 Å². The Bertz CT molecular complexity index is 1130. The summed E-state index contributed by atoms with van der Waals surface area (Å²) in [7, 11) is 0. The number of rotatable bonds is 9. The summed E-state index contributed by atoms with van der Waals surface area (Å²) in [5.41, 5.74) is 4.97. The van der Waals surface area contributed by atoms with E-state index in [1.54, 1.807) is 12.4 Å². The van der Waals surface area contributed by atoms with Crippen molar-refractivity contribution < 1.29 is 19.2 Å². The second-order valence-electron chi connectivity index (χ2n) is 7.40. The van der Waals surface area contributed by atoms with E-state index < -0.39 is 0 Å². The van der Waals surface area contributed by atoms with E-state index >= 15 is 0 Å². The first kappa shape index (κ1) is 22.5. The molecule has 0 radical (unpaired) electrons. The highest BCUT2D eigenvalue weighted by Crippen LogP contribution is 2.24. The van der Waals surface area contributed by atoms with E-state index in [-0.39, 0.29) is 16.4 Å². The Labute approximate surface area is 196 Å². The molecule has 0 aliphatic carbocycles. The van der Waals surface area contributed by atoms with Gasteiger partial charge in [0.2, 0.25) is 5.91 Å². The predicted molar refractivity (Wildman–Crippen MR) is 128 cm³/mol. The molecule has 168 valence electrons. The zero-order chi connectivity index (χ0) is 23.0. The molecule has 1 aromatic heterocycles. The molecule has 1 unspecified atom stereocenters. The number of carbonyl (C=O) groups is 2. The minimum atomic E-state index is -0.370. The van der Waals surface area contributed by atoms with Crippen LogP contribution in [0.1, 0.15) is 18.1 Å². The van der Waals surface area contributed by atoms with Crippen molar-refractivity contribution >= 4 is 28.6 Å². The Hall–Kier alpha value is -3.65. The SMILES string of the molecule is CC(=NOCCOc1ccc(CC2SC(=O)NC2=O)cc1)c1ccc(-c2ccncc2)cc1. The van der Waals surface area contributed by atoms with E-state index in [0.29, 0.717) is 25.4 Å². The monoisotopic (exact) mass is 461 g/mol. The van der Waals surface area contributed by atoms with Gasteiger partial charge in [-0.25, -0.2) is 0 Å². The Morgan fingerprint density at radius 3 is 2.33 bits per heavy atom. The Balaban J connectivity index is 1.20. The number of carbonyl (C=O) groups excluding carboxylic acids is 2. The van der Waals surface area contributed by atoms with E-state index in [1.165, 1.54) is 0 Å². The lowest BCUT2D eigenvalue weighted by Gasteiger charge is -2.08. The maximum absolute atomic E-state index is 11.7. The molecule has 0 saturated carbocycles. The van der Waals surface area contributed by atoms with Crippen molar-refractivity contribution in [3.05, 3.63) is 84.2 Å². The summed E-state index contributed by atoms with van der Waals surface area (Å²) in [6, 6.07) is 19.5. The summed E-state index contributed by atoms with van der Waals surface area (Å²) in [6.45, 7) is 2.57. The maximum Gasteiger partial charge on any atom is 0.286 e. The molecule has 0 bridgehead atoms. The first-order valence-electron chi connectivity index (χ1n) is 10.5. The topological polar surface area (TPSA) is 89.9 Å². The van der Waals surface area contributed by atoms with E-state index in [9.17, 15) is 9.59 Å². The number of thioether (sulfide) groups is 1. The summed E-state index contributed by atoms with van der Waals surface area (Å²) >= 11 is 1.03. The molecule has 1 fully saturated rings. The van der Waals surface area contributed by atoms with Crippen LogP contribution in [0.15, 0.2) is 78.2 Å². The molecule has 1 aliphatic heterocycles. The summed E-state index contributed by atoms with van der Waals surface area (Å²) in [5.74, 6) is 0.470. The third-order valence-corrected chi connectivity index (χ3v) is 6.05. The molecule has 2 amide bonds. The highest BCUT2D eigenvalue weighted by Gasteiger charge is 2.31. The summed E-state index contributed by atoms with van der Waals surface area (Å²) in [5, 5.41) is 5.81. The largest absolute Gasteiger partial charge is 0.490 e. The quantitative estimate of drug-likeness (QED) is 0.287. The van der Waals surface area contributed by atoms with Crippen LogP contribution in [0.25, 0.3) is 11.1 Å². The molecular weight excluding hydrogens is 438 g/mol. The van der Waals surface area contributed by atoms with Crippen LogP contribution in [-0.4, -0.2) is 40.3 Å². The van der Waals surface area contributed by atoms with Gasteiger partial charge in [-0.1, -0.05) is 53.3 Å². The van der Waals surface area contributed by atoms with Gasteiger partial charge < -0.3 is 9.57 Å². The molecular formula is C25H23N3O4S. The number of ether oxygens (including phenoxy) is 1. The van der Waals surface area contributed by atoms with Crippen molar-refractivity contribution in [1.82, 2.24) is 10.3 Å². The smallest absolute Gasteiger partial charge is 0.286 e. The van der Waals surface area contributed by atoms with Crippen LogP contribution >= 0.6 is 11.8 Å². The fourth-order valence-corrected chi connectivity index (χ4v) is 4.16. The second kappa shape index (κ2) is 10.8. The molecule has 0 spiro atoms. The average molecular weight is 462 g/mol. The van der Waals surface area contributed by atoms with Crippen molar-refractivity contribution in [1.29, 1.82) is 0 Å². The van der Waals surface area contributed by atoms with Gasteiger partial charge in [0.15, 0.2) is 6.61 Å². The third-order valence-electron chi connectivity index (χ3n) is 5.07. The van der Waals surface area contributed by atoms with Gasteiger partial charge >= 0.3 is 0 Å². The standard InChI is InChI=1S/C25H23N3O4S/c1-17(19-4-6-20(7-5-19)21-10-12-26-13-11-21)28-32-15-14-31-22-8-2-18(3-9-22)16-23-24(29)27-25(30)33-23/h2-13,23H,14-16H2,1H3,(H,27,29,30). The number of aromatic nitrogens is 1. The van der Waals surface area contributed by atoms with Gasteiger partial charge in [0.1, 0.15) is 12.4 Å². The number of hydrogen-bond donors (Lipinski definition) is 1. The Morgan fingerprint density at radius 1 is 0.970 bits per heavy atom. The fraction of sp³-hybridized carbons (Fsp3) is 0.200. The molecule has 7 nitrogen and oxygen atoms in total. The Kier molecular flexibility index (Phi) is 7.36. The zero-order valence-electron chi connectivity index (χ0n) is 18.1. The van der Waals surface area contributed by atoms with E-state index in [4.69, 9.17) is 9.57 Å². The lowest BCUT2D eigenvalue weighted by Crippen LogP contribution is -2.25. The van der Waals surface area contributed by atoms with Gasteiger partial charge in [-0.2, -0.15) is 0 Å². The first-order valence-corrected chi connectivity index (χ1v) is 11.4. The van der Waals surface area contributed by atoms with Crippen LogP contribution in [-0.2, 0) is 16.1 Å². The lowest BCUT2D eigenvalue weighted by molar-refractivity contribution is -0.118. The molecule has 33 heavy (non-hydrogen) atoms. The van der Waals surface area contributed by atoms with Crippen LogP contribution < -0.4 is 10.1 Å². The number of amides is 2. The maximum atomic E-state index is 11.7. The molecule has 1 N–H and O–H groups in total. The van der Waals surface area contributed by atoms with Gasteiger partial charge in [0.25, 0.3) is 5.24 Å². The molecule has 4 rings (SSSR count). The predicted octanol–water partition coefficient (Wildman–Crippen LogP) is 4.46. The number of pyridine rings is 1. The molecule has 1 aliphatic rings. The van der Waals surface area contributed by atoms with Crippen LogP contribution in [0.2, 0.25) is 0 Å². The number of oxime groups is 1. The van der Waals surface area contributed by atoms with Crippen molar-refractivity contribution in [2.45, 2.75) is 18.6 Å². The average Bonchev–Trinajstić information content (AvgIpc) is 3.16. The van der Waals surface area contributed by atoms with E-state index in [2.05, 4.69) is 15.5 Å². The third kappa shape index (κ3) is 6.20. The number of nitrogens with zero attached hydrogens (tertiary/aromatic N) is 2. The summed E-state index contributed by atoms with van der Waals surface area (Å²) in [6.07, 6.45) is 4.06. The second-order valence-corrected chi connectivity index (χ2v) is 8.58. The number of benzene rings is 2. The van der Waals surface area contributed by atoms with Crippen LogP contribution in [0, 0.1) is 0 Å². The molecule has 3 aromatic rings. The van der Waals surface area contributed by atoms with Crippen LogP contribution in [0.5, 0.6) is 5.75 Å². The fourth-order valence-electron chi connectivity index (χ4n) is 3.30. The highest BCUT2D eigenvalue weighted by atomic mass is 32.2. The molecule has 2 heterocycles. The van der Waals surface area contributed by atoms with E-state index in [1.807, 2.05) is 67.6 Å². The minimum Gasteiger partial charge on any atom is -0.490 e. The number of imide groups is 1. The minimum absolute atomic E-state index is 0.233. The molecule has 2 aromatic carbocycles. The van der Waals surface area contributed by atoms with Gasteiger partial charge in [-0.3, -0.25) is 19.9 Å². The first-order chi connectivity index (χ1) is 16.1. The Morgan fingerprint density at radius 2 is 1.67 bits per heavy atom. The summed E-state index contributed by atoms with van der Waals surface area (Å²) < 4.78 is 5.68. The van der Waals surface area contributed by atoms with Crippen LogP contribution in [0.4, 0.5) is 4.79 Å². The van der Waals surface area contributed by atoms with E-state index in [0.717, 1.165) is 39.7 Å². The molecule has 1 atom stereocenters. The highest BCUT2D eigenvalue weighted by molar-refractivity contribution is 8.15. The van der Waals surface area contributed by atoms with Gasteiger partial charge in [0.05, 0.1) is 11.0 Å². The van der Waals surface area contributed by atoms with Crippen molar-refractivity contribution in [2.24, 2.45) is 5.16 Å². The van der Waals surface area contributed by atoms with Crippen LogP contribution in [0.3, 0.4) is 0 Å². The number of nitrogens with one attached hydrogen (secondary N) is 1. The normalized spacial score (nSPS) is 15.9. The molecule has 1 saturated heterocycles. The van der Waals surface area contributed by atoms with Gasteiger partial charge in [-0.05, 0) is 59.9 Å².